The maximum Gasteiger partial charge on any atom is 0.310 e. The zero-order valence-electron chi connectivity index (χ0n) is 9.00. The molecule has 3 atom stereocenters. The first-order valence-corrected chi connectivity index (χ1v) is 5.21. The predicted molar refractivity (Wildman–Crippen MR) is 51.8 cm³/mol. The van der Waals surface area contributed by atoms with E-state index in [1.807, 2.05) is 13.8 Å². The highest BCUT2D eigenvalue weighted by Gasteiger charge is 2.71. The Balaban J connectivity index is 2.52. The van der Waals surface area contributed by atoms with E-state index in [0.29, 0.717) is 6.42 Å². The number of hydrogen-bond acceptors (Lipinski definition) is 2. The first-order chi connectivity index (χ1) is 6.26. The summed E-state index contributed by atoms with van der Waals surface area (Å²) in [5, 5.41) is 19.7. The number of carbonyl (C=O) groups is 1. The molecular weight excluding hydrogens is 180 g/mol. The third kappa shape index (κ3) is 0.761. The third-order valence-electron chi connectivity index (χ3n) is 5.18. The number of rotatable bonds is 1. The second-order valence-corrected chi connectivity index (χ2v) is 5.60. The highest BCUT2D eigenvalue weighted by molar-refractivity contribution is 5.77. The van der Waals surface area contributed by atoms with Crippen molar-refractivity contribution in [2.75, 3.05) is 0 Å². The first-order valence-electron chi connectivity index (χ1n) is 5.21. The number of carboxylic acids is 1. The summed E-state index contributed by atoms with van der Waals surface area (Å²) < 4.78 is 0. The smallest absolute Gasteiger partial charge is 0.310 e. The fourth-order valence-electron chi connectivity index (χ4n) is 3.55. The van der Waals surface area contributed by atoms with Crippen molar-refractivity contribution in [1.82, 2.24) is 0 Å². The molecule has 0 spiro atoms. The van der Waals surface area contributed by atoms with Crippen LogP contribution in [0.3, 0.4) is 0 Å². The Morgan fingerprint density at radius 2 is 1.93 bits per heavy atom. The van der Waals surface area contributed by atoms with Gasteiger partial charge >= 0.3 is 5.97 Å². The van der Waals surface area contributed by atoms with Gasteiger partial charge in [0.05, 0.1) is 11.0 Å². The van der Waals surface area contributed by atoms with E-state index in [4.69, 9.17) is 0 Å². The first kappa shape index (κ1) is 9.97. The number of aliphatic carboxylic acids is 1. The van der Waals surface area contributed by atoms with E-state index >= 15 is 0 Å². The highest BCUT2D eigenvalue weighted by Crippen LogP contribution is 2.68. The molecule has 1 unspecified atom stereocenters. The van der Waals surface area contributed by atoms with Crippen molar-refractivity contribution in [3.63, 3.8) is 0 Å². The quantitative estimate of drug-likeness (QED) is 0.673. The van der Waals surface area contributed by atoms with Gasteiger partial charge in [0.25, 0.3) is 0 Å². The molecule has 0 saturated heterocycles. The summed E-state index contributed by atoms with van der Waals surface area (Å²) >= 11 is 0. The molecule has 0 heterocycles. The molecule has 0 aromatic rings. The van der Waals surface area contributed by atoms with Crippen LogP contribution in [0.4, 0.5) is 0 Å². The van der Waals surface area contributed by atoms with Gasteiger partial charge in [-0.25, -0.2) is 0 Å². The lowest BCUT2D eigenvalue weighted by atomic mass is 9.59. The van der Waals surface area contributed by atoms with Crippen molar-refractivity contribution in [1.29, 1.82) is 0 Å². The third-order valence-corrected chi connectivity index (χ3v) is 5.18. The maximum absolute atomic E-state index is 11.4. The Bertz CT molecular complexity index is 293. The van der Waals surface area contributed by atoms with E-state index < -0.39 is 22.4 Å². The molecule has 3 heteroatoms. The number of carboxylic acid groups (broad SMARTS) is 1. The molecule has 2 rings (SSSR count). The van der Waals surface area contributed by atoms with Gasteiger partial charge in [0, 0.05) is 5.41 Å². The van der Waals surface area contributed by atoms with Crippen LogP contribution in [-0.4, -0.2) is 21.8 Å². The molecule has 2 bridgehead atoms. The second kappa shape index (κ2) is 2.32. The molecule has 2 aliphatic carbocycles. The summed E-state index contributed by atoms with van der Waals surface area (Å²) in [7, 11) is 0. The van der Waals surface area contributed by atoms with Gasteiger partial charge in [-0.1, -0.05) is 13.8 Å². The summed E-state index contributed by atoms with van der Waals surface area (Å²) in [4.78, 5) is 11.4. The molecule has 0 radical (unpaired) electrons. The number of fused-ring (bicyclic) bond motifs is 2. The fourth-order valence-corrected chi connectivity index (χ4v) is 3.55. The Kier molecular flexibility index (Phi) is 1.65. The van der Waals surface area contributed by atoms with Crippen molar-refractivity contribution < 1.29 is 15.0 Å². The summed E-state index contributed by atoms with van der Waals surface area (Å²) in [5.41, 5.74) is -2.04. The summed E-state index contributed by atoms with van der Waals surface area (Å²) in [6.45, 7) is 5.57. The Hall–Kier alpha value is -0.570. The Morgan fingerprint density at radius 3 is 2.21 bits per heavy atom. The second-order valence-electron chi connectivity index (χ2n) is 5.60. The highest BCUT2D eigenvalue weighted by atomic mass is 16.4. The molecule has 2 N–H and O–H groups in total. The van der Waals surface area contributed by atoms with Gasteiger partial charge in [0.2, 0.25) is 0 Å². The molecule has 14 heavy (non-hydrogen) atoms. The van der Waals surface area contributed by atoms with Crippen LogP contribution < -0.4 is 0 Å². The monoisotopic (exact) mass is 198 g/mol. The Morgan fingerprint density at radius 1 is 1.36 bits per heavy atom. The lowest BCUT2D eigenvalue weighted by Gasteiger charge is -2.47. The van der Waals surface area contributed by atoms with E-state index in [9.17, 15) is 15.0 Å². The number of aliphatic hydroxyl groups is 1. The van der Waals surface area contributed by atoms with Crippen LogP contribution in [0, 0.1) is 16.7 Å². The van der Waals surface area contributed by atoms with Gasteiger partial charge in [0.1, 0.15) is 0 Å². The minimum Gasteiger partial charge on any atom is -0.481 e. The van der Waals surface area contributed by atoms with Gasteiger partial charge in [-0.3, -0.25) is 4.79 Å². The molecule has 0 aliphatic heterocycles. The lowest BCUT2D eigenvalue weighted by Crippen LogP contribution is -2.53. The molecule has 80 valence electrons. The SMILES string of the molecule is CC1(O)[C@@H]2CC[C@@](C(=O)O)(C2)C1(C)C. The van der Waals surface area contributed by atoms with Crippen molar-refractivity contribution >= 4 is 5.97 Å². The number of hydrogen-bond donors (Lipinski definition) is 2. The van der Waals surface area contributed by atoms with Crippen LogP contribution in [0.25, 0.3) is 0 Å². The maximum atomic E-state index is 11.4. The topological polar surface area (TPSA) is 57.5 Å². The fraction of sp³-hybridized carbons (Fsp3) is 0.909. The largest absolute Gasteiger partial charge is 0.481 e. The van der Waals surface area contributed by atoms with E-state index in [2.05, 4.69) is 0 Å². The summed E-state index contributed by atoms with van der Waals surface area (Å²) in [6.07, 6.45) is 2.21. The zero-order valence-corrected chi connectivity index (χ0v) is 9.00. The molecule has 2 saturated carbocycles. The minimum absolute atomic E-state index is 0.161. The van der Waals surface area contributed by atoms with Crippen LogP contribution in [-0.2, 0) is 4.79 Å². The van der Waals surface area contributed by atoms with Crippen LogP contribution in [0.1, 0.15) is 40.0 Å². The van der Waals surface area contributed by atoms with Crippen molar-refractivity contribution in [2.24, 2.45) is 16.7 Å². The average molecular weight is 198 g/mol. The van der Waals surface area contributed by atoms with Gasteiger partial charge in [0.15, 0.2) is 0 Å². The molecular formula is C11H18O3. The van der Waals surface area contributed by atoms with Gasteiger partial charge in [-0.15, -0.1) is 0 Å². The van der Waals surface area contributed by atoms with Crippen molar-refractivity contribution in [3.8, 4) is 0 Å². The van der Waals surface area contributed by atoms with E-state index in [-0.39, 0.29) is 5.92 Å². The Labute approximate surface area is 84.1 Å². The van der Waals surface area contributed by atoms with Gasteiger partial charge in [-0.2, -0.15) is 0 Å². The van der Waals surface area contributed by atoms with Crippen LogP contribution >= 0.6 is 0 Å². The lowest BCUT2D eigenvalue weighted by molar-refractivity contribution is -0.170. The zero-order chi connectivity index (χ0) is 10.8. The summed E-state index contributed by atoms with van der Waals surface area (Å²) in [6, 6.07) is 0. The normalized spacial score (nSPS) is 49.6. The average Bonchev–Trinajstić information content (AvgIpc) is 2.52. The van der Waals surface area contributed by atoms with Crippen molar-refractivity contribution in [2.45, 2.75) is 45.6 Å². The molecule has 0 aromatic heterocycles. The summed E-state index contributed by atoms with van der Waals surface area (Å²) in [5.74, 6) is -0.573. The van der Waals surface area contributed by atoms with Gasteiger partial charge in [-0.05, 0) is 32.1 Å². The minimum atomic E-state index is -0.830. The molecule has 0 aromatic carbocycles. The van der Waals surface area contributed by atoms with E-state index in [1.54, 1.807) is 6.92 Å². The van der Waals surface area contributed by atoms with Crippen LogP contribution in [0.2, 0.25) is 0 Å². The van der Waals surface area contributed by atoms with Gasteiger partial charge < -0.3 is 10.2 Å². The standard InChI is InChI=1S/C11H18O3/c1-9(2)10(3,14)7-4-5-11(9,6-7)8(12)13/h7,14H,4-6H2,1-3H3,(H,12,13)/t7-,10?,11+/m1/s1. The van der Waals surface area contributed by atoms with Crippen molar-refractivity contribution in [3.05, 3.63) is 0 Å². The van der Waals surface area contributed by atoms with Crippen LogP contribution in [0.15, 0.2) is 0 Å². The molecule has 0 amide bonds. The predicted octanol–water partition coefficient (Wildman–Crippen LogP) is 1.65. The molecule has 2 fully saturated rings. The van der Waals surface area contributed by atoms with E-state index in [1.165, 1.54) is 0 Å². The molecule has 2 aliphatic rings. The molecule has 3 nitrogen and oxygen atoms in total. The van der Waals surface area contributed by atoms with E-state index in [0.717, 1.165) is 12.8 Å². The van der Waals surface area contributed by atoms with Crippen LogP contribution in [0.5, 0.6) is 0 Å².